The molecule has 5 nitrogen and oxygen atoms in total. The summed E-state index contributed by atoms with van der Waals surface area (Å²) in [5.41, 5.74) is 0.633. The average Bonchev–Trinajstić information content (AvgIpc) is 2.56. The molecular formula is C16H15NO4S. The molecule has 0 spiro atoms. The van der Waals surface area contributed by atoms with Gasteiger partial charge < -0.3 is 4.74 Å². The van der Waals surface area contributed by atoms with Crippen LogP contribution in [0.1, 0.15) is 11.5 Å². The number of benzene rings is 2. The van der Waals surface area contributed by atoms with Gasteiger partial charge in [-0.3, -0.25) is 14.9 Å². The monoisotopic (exact) mass is 317 g/mol. The van der Waals surface area contributed by atoms with Gasteiger partial charge in [-0.15, -0.1) is 11.8 Å². The third-order valence-corrected chi connectivity index (χ3v) is 4.31. The van der Waals surface area contributed by atoms with Crippen LogP contribution in [0.25, 0.3) is 0 Å². The van der Waals surface area contributed by atoms with Gasteiger partial charge in [-0.05, 0) is 12.1 Å². The second-order valence-electron chi connectivity index (χ2n) is 4.57. The van der Waals surface area contributed by atoms with E-state index >= 15 is 0 Å². The highest BCUT2D eigenvalue weighted by Gasteiger charge is 2.22. The molecule has 2 aromatic carbocycles. The third-order valence-electron chi connectivity index (χ3n) is 3.13. The third kappa shape index (κ3) is 4.33. The van der Waals surface area contributed by atoms with Crippen LogP contribution in [0, 0.1) is 10.1 Å². The topological polar surface area (TPSA) is 69.4 Å². The molecule has 0 N–H and O–H groups in total. The predicted molar refractivity (Wildman–Crippen MR) is 85.0 cm³/mol. The standard InChI is InChI=1S/C16H15NO4S/c18-12-21-10-13(11-22-14-6-2-1-3-7-14)15-8-4-5-9-16(15)17(19)20/h1-9,12-13H,10-11H2. The number of nitro groups is 1. The molecule has 0 bridgehead atoms. The van der Waals surface area contributed by atoms with Crippen molar-refractivity contribution in [3.63, 3.8) is 0 Å². The largest absolute Gasteiger partial charge is 0.467 e. The Hall–Kier alpha value is -2.34. The minimum absolute atomic E-state index is 0.0515. The van der Waals surface area contributed by atoms with E-state index in [1.807, 2.05) is 30.3 Å². The Morgan fingerprint density at radius 1 is 1.14 bits per heavy atom. The first-order valence-electron chi connectivity index (χ1n) is 6.68. The van der Waals surface area contributed by atoms with Crippen molar-refractivity contribution in [2.75, 3.05) is 12.4 Å². The number of nitrogens with zero attached hydrogens (tertiary/aromatic N) is 1. The van der Waals surface area contributed by atoms with Gasteiger partial charge in [0.05, 0.1) is 11.5 Å². The summed E-state index contributed by atoms with van der Waals surface area (Å²) in [6, 6.07) is 16.3. The van der Waals surface area contributed by atoms with Gasteiger partial charge in [0.1, 0.15) is 0 Å². The smallest absolute Gasteiger partial charge is 0.293 e. The maximum atomic E-state index is 11.2. The minimum Gasteiger partial charge on any atom is -0.467 e. The van der Waals surface area contributed by atoms with E-state index in [-0.39, 0.29) is 18.2 Å². The summed E-state index contributed by atoms with van der Waals surface area (Å²) >= 11 is 1.58. The maximum Gasteiger partial charge on any atom is 0.293 e. The second kappa shape index (κ2) is 8.19. The van der Waals surface area contributed by atoms with Gasteiger partial charge in [-0.1, -0.05) is 36.4 Å². The molecule has 0 radical (unpaired) electrons. The Morgan fingerprint density at radius 2 is 1.82 bits per heavy atom. The van der Waals surface area contributed by atoms with Crippen LogP contribution >= 0.6 is 11.8 Å². The van der Waals surface area contributed by atoms with Gasteiger partial charge in [0, 0.05) is 28.2 Å². The summed E-state index contributed by atoms with van der Waals surface area (Å²) in [5, 5.41) is 11.2. The molecule has 2 aromatic rings. The van der Waals surface area contributed by atoms with Gasteiger partial charge in [0.2, 0.25) is 0 Å². The maximum absolute atomic E-state index is 11.2. The second-order valence-corrected chi connectivity index (χ2v) is 5.66. The van der Waals surface area contributed by atoms with E-state index in [0.717, 1.165) is 4.90 Å². The Morgan fingerprint density at radius 3 is 2.50 bits per heavy atom. The van der Waals surface area contributed by atoms with Gasteiger partial charge in [-0.25, -0.2) is 0 Å². The molecule has 22 heavy (non-hydrogen) atoms. The zero-order valence-electron chi connectivity index (χ0n) is 11.8. The average molecular weight is 317 g/mol. The Labute approximate surface area is 132 Å². The van der Waals surface area contributed by atoms with E-state index in [1.165, 1.54) is 6.07 Å². The molecule has 1 atom stereocenters. The van der Waals surface area contributed by atoms with Gasteiger partial charge in [0.15, 0.2) is 0 Å². The summed E-state index contributed by atoms with van der Waals surface area (Å²) in [7, 11) is 0. The lowest BCUT2D eigenvalue weighted by molar-refractivity contribution is -0.385. The normalized spacial score (nSPS) is 11.6. The highest BCUT2D eigenvalue weighted by atomic mass is 32.2. The molecule has 6 heteroatoms. The number of nitro benzene ring substituents is 1. The Bertz CT molecular complexity index is 633. The molecule has 0 aromatic heterocycles. The fourth-order valence-corrected chi connectivity index (χ4v) is 3.11. The van der Waals surface area contributed by atoms with Gasteiger partial charge >= 0.3 is 0 Å². The van der Waals surface area contributed by atoms with Crippen molar-refractivity contribution in [2.45, 2.75) is 10.8 Å². The number of ether oxygens (including phenoxy) is 1. The van der Waals surface area contributed by atoms with E-state index in [4.69, 9.17) is 4.74 Å². The van der Waals surface area contributed by atoms with Crippen LogP contribution < -0.4 is 0 Å². The minimum atomic E-state index is -0.406. The Balaban J connectivity index is 2.18. The summed E-state index contributed by atoms with van der Waals surface area (Å²) in [6.07, 6.45) is 0. The lowest BCUT2D eigenvalue weighted by Gasteiger charge is -2.16. The quantitative estimate of drug-likeness (QED) is 0.322. The number of para-hydroxylation sites is 1. The number of carbonyl (C=O) groups is 1. The molecule has 0 saturated carbocycles. The summed E-state index contributed by atoms with van der Waals surface area (Å²) in [6.45, 7) is 0.489. The van der Waals surface area contributed by atoms with E-state index in [1.54, 1.807) is 30.0 Å². The molecule has 114 valence electrons. The summed E-state index contributed by atoms with van der Waals surface area (Å²) < 4.78 is 4.86. The molecule has 0 fully saturated rings. The van der Waals surface area contributed by atoms with Crippen molar-refractivity contribution in [1.82, 2.24) is 0 Å². The van der Waals surface area contributed by atoms with Crippen LogP contribution in [0.2, 0.25) is 0 Å². The zero-order chi connectivity index (χ0) is 15.8. The number of rotatable bonds is 8. The predicted octanol–water partition coefficient (Wildman–Crippen LogP) is 3.64. The summed E-state index contributed by atoms with van der Waals surface area (Å²) in [4.78, 5) is 22.3. The van der Waals surface area contributed by atoms with E-state index in [2.05, 4.69) is 0 Å². The van der Waals surface area contributed by atoms with Crippen molar-refractivity contribution in [3.05, 3.63) is 70.3 Å². The number of hydrogen-bond donors (Lipinski definition) is 0. The van der Waals surface area contributed by atoms with Crippen molar-refractivity contribution in [1.29, 1.82) is 0 Å². The fourth-order valence-electron chi connectivity index (χ4n) is 2.10. The molecule has 0 aliphatic carbocycles. The van der Waals surface area contributed by atoms with Crippen LogP contribution in [0.4, 0.5) is 5.69 Å². The van der Waals surface area contributed by atoms with Crippen molar-refractivity contribution < 1.29 is 14.5 Å². The highest BCUT2D eigenvalue weighted by Crippen LogP contribution is 2.31. The number of thioether (sulfide) groups is 1. The number of carbonyl (C=O) groups excluding carboxylic acids is 1. The van der Waals surface area contributed by atoms with Crippen molar-refractivity contribution >= 4 is 23.9 Å². The van der Waals surface area contributed by atoms with Crippen LogP contribution in [-0.4, -0.2) is 23.8 Å². The van der Waals surface area contributed by atoms with E-state index < -0.39 is 4.92 Å². The lowest BCUT2D eigenvalue weighted by Crippen LogP contribution is -2.12. The highest BCUT2D eigenvalue weighted by molar-refractivity contribution is 7.99. The van der Waals surface area contributed by atoms with Gasteiger partial charge in [-0.2, -0.15) is 0 Å². The van der Waals surface area contributed by atoms with Crippen LogP contribution in [0.15, 0.2) is 59.5 Å². The first kappa shape index (κ1) is 16.0. The van der Waals surface area contributed by atoms with Gasteiger partial charge in [0.25, 0.3) is 12.2 Å². The fraction of sp³-hybridized carbons (Fsp3) is 0.188. The molecule has 2 rings (SSSR count). The summed E-state index contributed by atoms with van der Waals surface area (Å²) in [5.74, 6) is 0.347. The van der Waals surface area contributed by atoms with Crippen LogP contribution in [-0.2, 0) is 9.53 Å². The van der Waals surface area contributed by atoms with Crippen molar-refractivity contribution in [2.24, 2.45) is 0 Å². The first-order chi connectivity index (χ1) is 10.7. The zero-order valence-corrected chi connectivity index (χ0v) is 12.6. The molecule has 0 heterocycles. The first-order valence-corrected chi connectivity index (χ1v) is 7.67. The molecular weight excluding hydrogens is 302 g/mol. The Kier molecular flexibility index (Phi) is 5.97. The van der Waals surface area contributed by atoms with Crippen LogP contribution in [0.5, 0.6) is 0 Å². The molecule has 0 amide bonds. The van der Waals surface area contributed by atoms with Crippen LogP contribution in [0.3, 0.4) is 0 Å². The lowest BCUT2D eigenvalue weighted by atomic mass is 10.00. The number of hydrogen-bond acceptors (Lipinski definition) is 5. The molecule has 0 aliphatic heterocycles. The van der Waals surface area contributed by atoms with Crippen molar-refractivity contribution in [3.8, 4) is 0 Å². The molecule has 1 unspecified atom stereocenters. The SMILES string of the molecule is O=COCC(CSc1ccccc1)c1ccccc1[N+](=O)[O-]. The molecule has 0 aliphatic rings. The van der Waals surface area contributed by atoms with E-state index in [0.29, 0.717) is 17.8 Å². The molecule has 0 saturated heterocycles. The van der Waals surface area contributed by atoms with E-state index in [9.17, 15) is 14.9 Å².